The molecule has 0 aliphatic rings. The van der Waals surface area contributed by atoms with Gasteiger partial charge in [-0.15, -0.1) is 0 Å². The lowest BCUT2D eigenvalue weighted by molar-refractivity contribution is 0.0598. The summed E-state index contributed by atoms with van der Waals surface area (Å²) in [7, 11) is 1.20. The molecule has 1 aromatic heterocycles. The summed E-state index contributed by atoms with van der Waals surface area (Å²) in [4.78, 5) is 23.5. The highest BCUT2D eigenvalue weighted by Crippen LogP contribution is 2.12. The molecule has 0 saturated carbocycles. The first-order valence-corrected chi connectivity index (χ1v) is 5.61. The number of hydrogen-bond donors (Lipinski definition) is 0. The number of carbonyl (C=O) groups is 1. The molecule has 98 valence electrons. The zero-order valence-corrected chi connectivity index (χ0v) is 10.5. The lowest BCUT2D eigenvalue weighted by atomic mass is 10.2. The van der Waals surface area contributed by atoms with Gasteiger partial charge in [-0.05, 0) is 36.8 Å². The molecule has 5 heteroatoms. The van der Waals surface area contributed by atoms with Gasteiger partial charge in [0.15, 0.2) is 0 Å². The van der Waals surface area contributed by atoms with Crippen molar-refractivity contribution in [3.05, 3.63) is 63.8 Å². The van der Waals surface area contributed by atoms with E-state index in [1.165, 1.54) is 36.1 Å². The number of aryl methyl sites for hydroxylation is 1. The third-order valence-electron chi connectivity index (χ3n) is 2.79. The molecule has 0 fully saturated rings. The van der Waals surface area contributed by atoms with Gasteiger partial charge in [0.2, 0.25) is 0 Å². The minimum Gasteiger partial charge on any atom is -0.465 e. The highest BCUT2D eigenvalue weighted by Gasteiger charge is 2.13. The summed E-state index contributed by atoms with van der Waals surface area (Å²) < 4.78 is 19.2. The third kappa shape index (κ3) is 2.40. The normalized spacial score (nSPS) is 10.3. The Kier molecular flexibility index (Phi) is 3.46. The smallest absolute Gasteiger partial charge is 0.343 e. The standard InChI is InChI=1S/C14H12FNO3/c1-9-5-6-10(8-12(9)15)16-7-3-4-11(13(16)17)14(18)19-2/h3-8H,1-2H3. The number of hydrogen-bond acceptors (Lipinski definition) is 3. The Morgan fingerprint density at radius 3 is 2.68 bits per heavy atom. The van der Waals surface area contributed by atoms with Gasteiger partial charge in [-0.25, -0.2) is 9.18 Å². The van der Waals surface area contributed by atoms with Gasteiger partial charge in [0.25, 0.3) is 5.56 Å². The van der Waals surface area contributed by atoms with Crippen molar-refractivity contribution < 1.29 is 13.9 Å². The van der Waals surface area contributed by atoms with E-state index in [0.29, 0.717) is 11.3 Å². The number of pyridine rings is 1. The minimum absolute atomic E-state index is 0.0917. The quantitative estimate of drug-likeness (QED) is 0.777. The van der Waals surface area contributed by atoms with Crippen molar-refractivity contribution in [3.8, 4) is 5.69 Å². The van der Waals surface area contributed by atoms with Gasteiger partial charge in [0, 0.05) is 6.20 Å². The van der Waals surface area contributed by atoms with Crippen molar-refractivity contribution in [2.45, 2.75) is 6.92 Å². The monoisotopic (exact) mass is 261 g/mol. The maximum Gasteiger partial charge on any atom is 0.343 e. The molecule has 0 bridgehead atoms. The zero-order valence-electron chi connectivity index (χ0n) is 10.5. The first kappa shape index (κ1) is 13.0. The van der Waals surface area contributed by atoms with Crippen LogP contribution in [0.25, 0.3) is 5.69 Å². The molecule has 0 spiro atoms. The second-order valence-corrected chi connectivity index (χ2v) is 4.02. The van der Waals surface area contributed by atoms with E-state index in [2.05, 4.69) is 4.74 Å². The Labute approximate surface area is 109 Å². The first-order chi connectivity index (χ1) is 9.04. The topological polar surface area (TPSA) is 48.3 Å². The molecule has 2 rings (SSSR count). The Hall–Kier alpha value is -2.43. The number of nitrogens with zero attached hydrogens (tertiary/aromatic N) is 1. The summed E-state index contributed by atoms with van der Waals surface area (Å²) in [5, 5.41) is 0. The number of carbonyl (C=O) groups excluding carboxylic acids is 1. The van der Waals surface area contributed by atoms with Gasteiger partial charge in [0.1, 0.15) is 11.4 Å². The maximum atomic E-state index is 13.5. The summed E-state index contributed by atoms with van der Waals surface area (Å²) in [6.07, 6.45) is 1.47. The highest BCUT2D eigenvalue weighted by molar-refractivity contribution is 5.88. The van der Waals surface area contributed by atoms with Crippen LogP contribution >= 0.6 is 0 Å². The molecule has 0 amide bonds. The van der Waals surface area contributed by atoms with Crippen LogP contribution in [0.2, 0.25) is 0 Å². The minimum atomic E-state index is -0.716. The van der Waals surface area contributed by atoms with Gasteiger partial charge in [0.05, 0.1) is 12.8 Å². The number of benzene rings is 1. The fourth-order valence-corrected chi connectivity index (χ4v) is 1.69. The molecular weight excluding hydrogens is 249 g/mol. The van der Waals surface area contributed by atoms with Gasteiger partial charge in [-0.3, -0.25) is 9.36 Å². The van der Waals surface area contributed by atoms with E-state index in [4.69, 9.17) is 0 Å². The molecule has 4 nitrogen and oxygen atoms in total. The predicted octanol–water partition coefficient (Wildman–Crippen LogP) is 2.07. The third-order valence-corrected chi connectivity index (χ3v) is 2.79. The number of methoxy groups -OCH3 is 1. The van der Waals surface area contributed by atoms with Crippen molar-refractivity contribution in [1.29, 1.82) is 0 Å². The van der Waals surface area contributed by atoms with Crippen LogP contribution in [0.3, 0.4) is 0 Å². The van der Waals surface area contributed by atoms with Crippen LogP contribution in [0, 0.1) is 12.7 Å². The van der Waals surface area contributed by atoms with E-state index in [1.54, 1.807) is 19.1 Å². The van der Waals surface area contributed by atoms with Crippen LogP contribution in [0.15, 0.2) is 41.3 Å². The summed E-state index contributed by atoms with van der Waals surface area (Å²) in [5.74, 6) is -1.13. The number of aromatic nitrogens is 1. The molecule has 0 N–H and O–H groups in total. The Balaban J connectivity index is 2.60. The van der Waals surface area contributed by atoms with E-state index in [0.717, 1.165) is 0 Å². The Bertz CT molecular complexity index is 691. The SMILES string of the molecule is COC(=O)c1cccn(-c2ccc(C)c(F)c2)c1=O. The molecule has 1 aromatic carbocycles. The van der Waals surface area contributed by atoms with Crippen molar-refractivity contribution in [2.75, 3.05) is 7.11 Å². The molecule has 2 aromatic rings. The molecule has 0 atom stereocenters. The van der Waals surface area contributed by atoms with Crippen molar-refractivity contribution in [3.63, 3.8) is 0 Å². The van der Waals surface area contributed by atoms with Crippen LogP contribution < -0.4 is 5.56 Å². The average Bonchev–Trinajstić information content (AvgIpc) is 2.41. The number of halogens is 1. The van der Waals surface area contributed by atoms with E-state index in [1.807, 2.05) is 0 Å². The molecule has 0 aliphatic heterocycles. The maximum absolute atomic E-state index is 13.5. The fourth-order valence-electron chi connectivity index (χ4n) is 1.69. The highest BCUT2D eigenvalue weighted by atomic mass is 19.1. The van der Waals surface area contributed by atoms with Gasteiger partial charge in [-0.2, -0.15) is 0 Å². The Morgan fingerprint density at radius 2 is 2.05 bits per heavy atom. The van der Waals surface area contributed by atoms with Crippen LogP contribution in [-0.4, -0.2) is 17.6 Å². The van der Waals surface area contributed by atoms with Crippen molar-refractivity contribution in [1.82, 2.24) is 4.57 Å². The lowest BCUT2D eigenvalue weighted by Gasteiger charge is -2.08. The summed E-state index contributed by atoms with van der Waals surface area (Å²) >= 11 is 0. The molecule has 19 heavy (non-hydrogen) atoms. The predicted molar refractivity (Wildman–Crippen MR) is 68.1 cm³/mol. The van der Waals surface area contributed by atoms with Crippen LogP contribution in [0.4, 0.5) is 4.39 Å². The fraction of sp³-hybridized carbons (Fsp3) is 0.143. The molecule has 0 saturated heterocycles. The van der Waals surface area contributed by atoms with Gasteiger partial charge < -0.3 is 4.74 Å². The summed E-state index contributed by atoms with van der Waals surface area (Å²) in [6, 6.07) is 7.33. The number of ether oxygens (including phenoxy) is 1. The lowest BCUT2D eigenvalue weighted by Crippen LogP contribution is -2.25. The zero-order chi connectivity index (χ0) is 14.0. The van der Waals surface area contributed by atoms with E-state index >= 15 is 0 Å². The van der Waals surface area contributed by atoms with Gasteiger partial charge in [-0.1, -0.05) is 6.07 Å². The van der Waals surface area contributed by atoms with Crippen molar-refractivity contribution in [2.24, 2.45) is 0 Å². The van der Waals surface area contributed by atoms with E-state index in [-0.39, 0.29) is 5.56 Å². The molecule has 1 heterocycles. The van der Waals surface area contributed by atoms with Crippen LogP contribution in [0.1, 0.15) is 15.9 Å². The summed E-state index contributed by atoms with van der Waals surface area (Å²) in [6.45, 7) is 1.63. The van der Waals surface area contributed by atoms with E-state index < -0.39 is 17.3 Å². The van der Waals surface area contributed by atoms with Gasteiger partial charge >= 0.3 is 5.97 Å². The first-order valence-electron chi connectivity index (χ1n) is 5.61. The Morgan fingerprint density at radius 1 is 1.32 bits per heavy atom. The summed E-state index contributed by atoms with van der Waals surface area (Å²) in [5.41, 5.74) is 0.211. The largest absolute Gasteiger partial charge is 0.465 e. The number of rotatable bonds is 2. The average molecular weight is 261 g/mol. The second kappa shape index (κ2) is 5.06. The molecule has 0 radical (unpaired) electrons. The van der Waals surface area contributed by atoms with E-state index in [9.17, 15) is 14.0 Å². The van der Waals surface area contributed by atoms with Crippen LogP contribution in [-0.2, 0) is 4.74 Å². The molecular formula is C14H12FNO3. The molecule has 0 unspecified atom stereocenters. The van der Waals surface area contributed by atoms with Crippen molar-refractivity contribution >= 4 is 5.97 Å². The molecule has 0 aliphatic carbocycles. The van der Waals surface area contributed by atoms with Crippen LogP contribution in [0.5, 0.6) is 0 Å². The number of esters is 1. The second-order valence-electron chi connectivity index (χ2n) is 4.02.